The third kappa shape index (κ3) is 5.52. The summed E-state index contributed by atoms with van der Waals surface area (Å²) in [5.41, 5.74) is 19.5. The first-order valence-electron chi connectivity index (χ1n) is 21.3. The number of aliphatic hydroxyl groups excluding tert-OH is 2. The Morgan fingerprint density at radius 2 is 0.845 bits per heavy atom. The molecular weight excluding hydrogens is 705 g/mol. The maximum atomic E-state index is 9.53. The van der Waals surface area contributed by atoms with Gasteiger partial charge in [-0.2, -0.15) is 0 Å². The summed E-state index contributed by atoms with van der Waals surface area (Å²) in [5, 5.41) is 26.9. The second-order valence-corrected chi connectivity index (χ2v) is 19.3. The molecule has 2 heteroatoms. The van der Waals surface area contributed by atoms with Crippen molar-refractivity contribution in [1.82, 2.24) is 0 Å². The van der Waals surface area contributed by atoms with Gasteiger partial charge in [0.2, 0.25) is 0 Å². The maximum Gasteiger partial charge on any atom is 0.0434 e. The lowest BCUT2D eigenvalue weighted by Gasteiger charge is -2.25. The molecule has 10 rings (SSSR count). The van der Waals surface area contributed by atoms with Gasteiger partial charge < -0.3 is 10.2 Å². The molecule has 2 N–H and O–H groups in total. The molecule has 0 saturated carbocycles. The summed E-state index contributed by atoms with van der Waals surface area (Å²) in [6.07, 6.45) is 3.35. The Labute approximate surface area is 343 Å². The van der Waals surface area contributed by atoms with Gasteiger partial charge in [0.05, 0.1) is 0 Å². The zero-order valence-electron chi connectivity index (χ0n) is 35.1. The standard InChI is InChI=1S/C56H54O2/c1-54(2,3)39-28-37-16-22-44-46(35-14-20-42-40-18-12-33(10-8-24-57)26-48(40)55(4,5)50(42)30-35)32-47(45-23-17-38(29-39)52(37)53(44)45)36-15-21-43-41-19-13-34(11-9-25-58)27-49(41)56(6,7)51(43)31-36/h12-23,26-32,57-58H,8-11,24-25H2,1-7H3. The Hall–Kier alpha value is -5.28. The fourth-order valence-electron chi connectivity index (χ4n) is 10.6. The SMILES string of the molecule is CC(C)(C)c1cc2ccc3c(-c4ccc5c(c4)C(C)(C)c4cc(CCCO)ccc4-5)cc(-c4ccc5c(c4)C(C)(C)c4cc(CCCO)ccc4-5)c4ccc(c1)c2c34. The highest BCUT2D eigenvalue weighted by atomic mass is 16.3. The molecule has 0 unspecified atom stereocenters. The molecule has 0 amide bonds. The summed E-state index contributed by atoms with van der Waals surface area (Å²) in [6, 6.07) is 45.1. The molecule has 8 aromatic carbocycles. The Morgan fingerprint density at radius 1 is 0.431 bits per heavy atom. The van der Waals surface area contributed by atoms with Crippen LogP contribution in [0.4, 0.5) is 0 Å². The number of aliphatic hydroxyl groups is 2. The topological polar surface area (TPSA) is 40.5 Å². The van der Waals surface area contributed by atoms with E-state index in [1.165, 1.54) is 116 Å². The fraction of sp³-hybridized carbons (Fsp3) is 0.286. The Bertz CT molecular complexity index is 2760. The van der Waals surface area contributed by atoms with E-state index in [0.29, 0.717) is 0 Å². The molecule has 2 aliphatic carbocycles. The summed E-state index contributed by atoms with van der Waals surface area (Å²) in [7, 11) is 0. The summed E-state index contributed by atoms with van der Waals surface area (Å²) in [6.45, 7) is 16.9. The van der Waals surface area contributed by atoms with Crippen LogP contribution in [0.25, 0.3) is 76.8 Å². The zero-order chi connectivity index (χ0) is 40.3. The first-order chi connectivity index (χ1) is 27.8. The third-order valence-electron chi connectivity index (χ3n) is 13.9. The summed E-state index contributed by atoms with van der Waals surface area (Å²) < 4.78 is 0. The quantitative estimate of drug-likeness (QED) is 0.152. The predicted octanol–water partition coefficient (Wildman–Crippen LogP) is 13.7. The average molecular weight is 759 g/mol. The van der Waals surface area contributed by atoms with Gasteiger partial charge >= 0.3 is 0 Å². The van der Waals surface area contributed by atoms with Crippen molar-refractivity contribution in [3.05, 3.63) is 154 Å². The molecule has 0 atom stereocenters. The van der Waals surface area contributed by atoms with Crippen molar-refractivity contribution >= 4 is 32.3 Å². The van der Waals surface area contributed by atoms with Crippen molar-refractivity contribution in [2.45, 2.75) is 90.4 Å². The van der Waals surface area contributed by atoms with E-state index in [2.05, 4.69) is 164 Å². The number of hydrogen-bond donors (Lipinski definition) is 2. The second kappa shape index (κ2) is 13.1. The van der Waals surface area contributed by atoms with Crippen molar-refractivity contribution in [2.24, 2.45) is 0 Å². The van der Waals surface area contributed by atoms with Gasteiger partial charge in [-0.3, -0.25) is 0 Å². The van der Waals surface area contributed by atoms with Gasteiger partial charge in [-0.1, -0.05) is 146 Å². The molecule has 0 spiro atoms. The summed E-state index contributed by atoms with van der Waals surface area (Å²) in [5.74, 6) is 0. The van der Waals surface area contributed by atoms with Crippen molar-refractivity contribution in [1.29, 1.82) is 0 Å². The first kappa shape index (κ1) is 37.0. The van der Waals surface area contributed by atoms with Gasteiger partial charge in [-0.05, 0) is 165 Å². The van der Waals surface area contributed by atoms with Crippen LogP contribution in [-0.4, -0.2) is 23.4 Å². The van der Waals surface area contributed by atoms with E-state index in [9.17, 15) is 10.2 Å². The van der Waals surface area contributed by atoms with E-state index < -0.39 is 0 Å². The molecule has 2 nitrogen and oxygen atoms in total. The average Bonchev–Trinajstić information content (AvgIpc) is 3.58. The van der Waals surface area contributed by atoms with Crippen molar-refractivity contribution in [2.75, 3.05) is 13.2 Å². The minimum Gasteiger partial charge on any atom is -0.396 e. The molecule has 8 aromatic rings. The van der Waals surface area contributed by atoms with E-state index in [4.69, 9.17) is 0 Å². The van der Waals surface area contributed by atoms with Crippen molar-refractivity contribution in [3.63, 3.8) is 0 Å². The molecule has 58 heavy (non-hydrogen) atoms. The van der Waals surface area contributed by atoms with Crippen LogP contribution < -0.4 is 0 Å². The largest absolute Gasteiger partial charge is 0.396 e. The lowest BCUT2D eigenvalue weighted by molar-refractivity contribution is 0.288. The van der Waals surface area contributed by atoms with Gasteiger partial charge in [0, 0.05) is 24.0 Å². The van der Waals surface area contributed by atoms with Gasteiger partial charge in [0.25, 0.3) is 0 Å². The smallest absolute Gasteiger partial charge is 0.0434 e. The highest BCUT2D eigenvalue weighted by Crippen LogP contribution is 2.53. The monoisotopic (exact) mass is 758 g/mol. The highest BCUT2D eigenvalue weighted by molar-refractivity contribution is 6.28. The minimum absolute atomic E-state index is 0.0452. The molecular formula is C56H54O2. The van der Waals surface area contributed by atoms with Gasteiger partial charge in [-0.25, -0.2) is 0 Å². The van der Waals surface area contributed by atoms with Crippen molar-refractivity contribution in [3.8, 4) is 44.5 Å². The first-order valence-corrected chi connectivity index (χ1v) is 21.3. The lowest BCUT2D eigenvalue weighted by Crippen LogP contribution is -2.15. The van der Waals surface area contributed by atoms with E-state index in [-0.39, 0.29) is 29.5 Å². The molecule has 0 radical (unpaired) electrons. The number of fused-ring (bicyclic) bond motifs is 6. The molecule has 0 aliphatic heterocycles. The summed E-state index contributed by atoms with van der Waals surface area (Å²) in [4.78, 5) is 0. The van der Waals surface area contributed by atoms with Gasteiger partial charge in [0.15, 0.2) is 0 Å². The Kier molecular flexibility index (Phi) is 8.37. The van der Waals surface area contributed by atoms with Crippen LogP contribution in [0.2, 0.25) is 0 Å². The zero-order valence-corrected chi connectivity index (χ0v) is 35.1. The fourth-order valence-corrected chi connectivity index (χ4v) is 10.6. The van der Waals surface area contributed by atoms with E-state index in [1.54, 1.807) is 0 Å². The number of rotatable bonds is 8. The van der Waals surface area contributed by atoms with Crippen LogP contribution in [0.3, 0.4) is 0 Å². The predicted molar refractivity (Wildman–Crippen MR) is 246 cm³/mol. The number of hydrogen-bond acceptors (Lipinski definition) is 2. The minimum atomic E-state index is -0.148. The summed E-state index contributed by atoms with van der Waals surface area (Å²) >= 11 is 0. The molecule has 0 saturated heterocycles. The molecule has 0 heterocycles. The van der Waals surface area contributed by atoms with E-state index in [0.717, 1.165) is 25.7 Å². The molecule has 0 fully saturated rings. The molecule has 290 valence electrons. The van der Waals surface area contributed by atoms with Crippen LogP contribution in [-0.2, 0) is 29.1 Å². The van der Waals surface area contributed by atoms with Crippen molar-refractivity contribution < 1.29 is 10.2 Å². The van der Waals surface area contributed by atoms with E-state index >= 15 is 0 Å². The normalized spacial score (nSPS) is 15.0. The molecule has 0 aromatic heterocycles. The molecule has 0 bridgehead atoms. The van der Waals surface area contributed by atoms with Gasteiger partial charge in [0.1, 0.15) is 0 Å². The van der Waals surface area contributed by atoms with Crippen LogP contribution >= 0.6 is 0 Å². The molecule has 2 aliphatic rings. The number of aryl methyl sites for hydroxylation is 2. The van der Waals surface area contributed by atoms with E-state index in [1.807, 2.05) is 0 Å². The highest BCUT2D eigenvalue weighted by Gasteiger charge is 2.37. The number of benzene rings is 8. The van der Waals surface area contributed by atoms with Crippen LogP contribution in [0, 0.1) is 0 Å². The second-order valence-electron chi connectivity index (χ2n) is 19.3. The maximum absolute atomic E-state index is 9.53. The van der Waals surface area contributed by atoms with Crippen LogP contribution in [0.1, 0.15) is 100 Å². The Morgan fingerprint density at radius 3 is 1.26 bits per heavy atom. The lowest BCUT2D eigenvalue weighted by atomic mass is 9.79. The third-order valence-corrected chi connectivity index (χ3v) is 13.9. The van der Waals surface area contributed by atoms with Crippen LogP contribution in [0.5, 0.6) is 0 Å². The Balaban J connectivity index is 1.19. The van der Waals surface area contributed by atoms with Crippen LogP contribution in [0.15, 0.2) is 115 Å². The van der Waals surface area contributed by atoms with Gasteiger partial charge in [-0.15, -0.1) is 0 Å².